The van der Waals surface area contributed by atoms with E-state index in [0.717, 1.165) is 6.42 Å². The van der Waals surface area contributed by atoms with Crippen LogP contribution in [0.25, 0.3) is 0 Å². The van der Waals surface area contributed by atoms with Crippen molar-refractivity contribution in [1.29, 1.82) is 0 Å². The highest BCUT2D eigenvalue weighted by atomic mass is 16.7. The van der Waals surface area contributed by atoms with Gasteiger partial charge in [0.2, 0.25) is 5.91 Å². The predicted molar refractivity (Wildman–Crippen MR) is 64.2 cm³/mol. The van der Waals surface area contributed by atoms with Crippen LogP contribution in [0.3, 0.4) is 0 Å². The summed E-state index contributed by atoms with van der Waals surface area (Å²) in [5, 5.41) is 12.5. The maximum atomic E-state index is 11.7. The number of rotatable bonds is 3. The Labute approximate surface area is 106 Å². The summed E-state index contributed by atoms with van der Waals surface area (Å²) < 4.78 is 0. The summed E-state index contributed by atoms with van der Waals surface area (Å²) in [4.78, 5) is 29.7. The number of carbonyl (C=O) groups excluding carboxylic acids is 1. The van der Waals surface area contributed by atoms with Crippen molar-refractivity contribution in [3.05, 3.63) is 0 Å². The van der Waals surface area contributed by atoms with Gasteiger partial charge in [-0.3, -0.25) is 4.79 Å². The zero-order chi connectivity index (χ0) is 13.2. The Morgan fingerprint density at radius 3 is 2.61 bits per heavy atom. The number of aliphatic carboxylic acids is 1. The molecule has 1 saturated heterocycles. The third kappa shape index (κ3) is 2.47. The van der Waals surface area contributed by atoms with Crippen LogP contribution in [0.5, 0.6) is 0 Å². The molecule has 2 rings (SSSR count). The molecule has 0 atom stereocenters. The first-order chi connectivity index (χ1) is 8.56. The number of oxime groups is 1. The lowest BCUT2D eigenvalue weighted by Gasteiger charge is -2.37. The zero-order valence-corrected chi connectivity index (χ0v) is 10.5. The maximum absolute atomic E-state index is 11.7. The second-order valence-electron chi connectivity index (χ2n) is 4.92. The first-order valence-electron chi connectivity index (χ1n) is 6.32. The normalized spacial score (nSPS) is 21.6. The summed E-state index contributed by atoms with van der Waals surface area (Å²) in [7, 11) is 0. The van der Waals surface area contributed by atoms with Crippen LogP contribution in [-0.4, -0.2) is 46.3 Å². The van der Waals surface area contributed by atoms with Crippen molar-refractivity contribution in [3.63, 3.8) is 0 Å². The highest BCUT2D eigenvalue weighted by molar-refractivity contribution is 6.36. The third-order valence-electron chi connectivity index (χ3n) is 3.58. The highest BCUT2D eigenvalue weighted by Gasteiger charge is 2.44. The van der Waals surface area contributed by atoms with Gasteiger partial charge < -0.3 is 14.8 Å². The van der Waals surface area contributed by atoms with Gasteiger partial charge in [-0.1, -0.05) is 12.1 Å². The Balaban J connectivity index is 1.88. The van der Waals surface area contributed by atoms with Crippen molar-refractivity contribution in [3.8, 4) is 0 Å². The molecular formula is C12H18N2O4. The van der Waals surface area contributed by atoms with E-state index in [0.29, 0.717) is 38.8 Å². The molecule has 2 aliphatic rings. The minimum Gasteiger partial charge on any atom is -0.477 e. The molecule has 0 radical (unpaired) electrons. The first kappa shape index (κ1) is 12.9. The molecule has 1 spiro atoms. The molecule has 0 aromatic carbocycles. The molecule has 18 heavy (non-hydrogen) atoms. The number of carboxylic acid groups (broad SMARTS) is 1. The van der Waals surface area contributed by atoms with Crippen LogP contribution in [0, 0.1) is 0 Å². The van der Waals surface area contributed by atoms with Gasteiger partial charge in [-0.05, 0) is 6.42 Å². The van der Waals surface area contributed by atoms with Gasteiger partial charge in [0.1, 0.15) is 5.60 Å². The van der Waals surface area contributed by atoms with E-state index in [-0.39, 0.29) is 11.6 Å². The van der Waals surface area contributed by atoms with Gasteiger partial charge in [0.25, 0.3) is 0 Å². The lowest BCUT2D eigenvalue weighted by atomic mass is 9.87. The maximum Gasteiger partial charge on any atom is 0.353 e. The molecule has 1 fully saturated rings. The molecule has 0 bridgehead atoms. The van der Waals surface area contributed by atoms with Gasteiger partial charge in [0.05, 0.1) is 0 Å². The van der Waals surface area contributed by atoms with E-state index < -0.39 is 11.6 Å². The summed E-state index contributed by atoms with van der Waals surface area (Å²) >= 11 is 0. The number of hydrogen-bond donors (Lipinski definition) is 1. The molecule has 100 valence electrons. The molecule has 0 aliphatic carbocycles. The Morgan fingerprint density at radius 1 is 1.44 bits per heavy atom. The summed E-state index contributed by atoms with van der Waals surface area (Å²) in [5.74, 6) is -0.846. The van der Waals surface area contributed by atoms with Crippen LogP contribution in [0.4, 0.5) is 0 Å². The van der Waals surface area contributed by atoms with Crippen LogP contribution in [0.2, 0.25) is 0 Å². The van der Waals surface area contributed by atoms with Gasteiger partial charge in [-0.25, -0.2) is 4.79 Å². The Kier molecular flexibility index (Phi) is 3.54. The van der Waals surface area contributed by atoms with E-state index in [1.807, 2.05) is 11.8 Å². The number of nitrogens with zero attached hydrogens (tertiary/aromatic N) is 2. The third-order valence-corrected chi connectivity index (χ3v) is 3.58. The lowest BCUT2D eigenvalue weighted by molar-refractivity contribution is -0.137. The van der Waals surface area contributed by atoms with E-state index >= 15 is 0 Å². The largest absolute Gasteiger partial charge is 0.477 e. The molecule has 2 heterocycles. The van der Waals surface area contributed by atoms with Crippen LogP contribution in [0.15, 0.2) is 5.16 Å². The zero-order valence-electron chi connectivity index (χ0n) is 10.5. The number of amides is 1. The summed E-state index contributed by atoms with van der Waals surface area (Å²) in [6, 6.07) is 0. The predicted octanol–water partition coefficient (Wildman–Crippen LogP) is 1.01. The Hall–Kier alpha value is -1.59. The SMILES string of the molecule is CCCC(=O)N1CCC2(CC1)CC(C(=O)O)=NO2. The van der Waals surface area contributed by atoms with Gasteiger partial charge in [-0.2, -0.15) is 0 Å². The number of hydrogen-bond acceptors (Lipinski definition) is 4. The number of carbonyl (C=O) groups is 2. The standard InChI is InChI=1S/C12H18N2O4/c1-2-3-10(15)14-6-4-12(5-7-14)8-9(11(16)17)13-18-12/h2-8H2,1H3,(H,16,17). The van der Waals surface area contributed by atoms with Crippen molar-refractivity contribution < 1.29 is 19.5 Å². The molecule has 1 N–H and O–H groups in total. The lowest BCUT2D eigenvalue weighted by Crippen LogP contribution is -2.47. The second kappa shape index (κ2) is 4.96. The fourth-order valence-corrected chi connectivity index (χ4v) is 2.44. The van der Waals surface area contributed by atoms with E-state index in [2.05, 4.69) is 5.16 Å². The van der Waals surface area contributed by atoms with Crippen LogP contribution in [0.1, 0.15) is 39.0 Å². The van der Waals surface area contributed by atoms with E-state index in [9.17, 15) is 9.59 Å². The fraction of sp³-hybridized carbons (Fsp3) is 0.750. The monoisotopic (exact) mass is 254 g/mol. The van der Waals surface area contributed by atoms with Crippen molar-refractivity contribution in [2.24, 2.45) is 5.16 Å². The topological polar surface area (TPSA) is 79.2 Å². The molecule has 0 saturated carbocycles. The van der Waals surface area contributed by atoms with Gasteiger partial charge in [0.15, 0.2) is 5.71 Å². The molecule has 2 aliphatic heterocycles. The van der Waals surface area contributed by atoms with Gasteiger partial charge in [-0.15, -0.1) is 0 Å². The van der Waals surface area contributed by atoms with E-state index in [1.165, 1.54) is 0 Å². The minimum atomic E-state index is -1.02. The molecule has 1 amide bonds. The second-order valence-corrected chi connectivity index (χ2v) is 4.92. The number of carboxylic acids is 1. The highest BCUT2D eigenvalue weighted by Crippen LogP contribution is 2.34. The van der Waals surface area contributed by atoms with E-state index in [1.54, 1.807) is 0 Å². The van der Waals surface area contributed by atoms with Crippen molar-refractivity contribution in [2.75, 3.05) is 13.1 Å². The van der Waals surface area contributed by atoms with Crippen molar-refractivity contribution >= 4 is 17.6 Å². The smallest absolute Gasteiger partial charge is 0.353 e. The average Bonchev–Trinajstić information content (AvgIpc) is 2.75. The number of likely N-dealkylation sites (tertiary alicyclic amines) is 1. The van der Waals surface area contributed by atoms with Crippen LogP contribution < -0.4 is 0 Å². The summed E-state index contributed by atoms with van der Waals surface area (Å²) in [6.07, 6.45) is 3.08. The van der Waals surface area contributed by atoms with Crippen LogP contribution in [-0.2, 0) is 14.4 Å². The summed E-state index contributed by atoms with van der Waals surface area (Å²) in [5.41, 5.74) is -0.403. The first-order valence-corrected chi connectivity index (χ1v) is 6.32. The molecular weight excluding hydrogens is 236 g/mol. The minimum absolute atomic E-state index is 0.0864. The fourth-order valence-electron chi connectivity index (χ4n) is 2.44. The number of piperidine rings is 1. The van der Waals surface area contributed by atoms with Crippen LogP contribution >= 0.6 is 0 Å². The summed E-state index contributed by atoms with van der Waals surface area (Å²) in [6.45, 7) is 3.24. The average molecular weight is 254 g/mol. The van der Waals surface area contributed by atoms with Crippen molar-refractivity contribution in [1.82, 2.24) is 4.90 Å². The quantitative estimate of drug-likeness (QED) is 0.815. The van der Waals surface area contributed by atoms with Crippen molar-refractivity contribution in [2.45, 2.75) is 44.6 Å². The molecule has 6 heteroatoms. The molecule has 0 aromatic heterocycles. The molecule has 6 nitrogen and oxygen atoms in total. The van der Waals surface area contributed by atoms with Gasteiger partial charge in [0, 0.05) is 38.8 Å². The molecule has 0 unspecified atom stereocenters. The Bertz CT molecular complexity index is 384. The Morgan fingerprint density at radius 2 is 2.11 bits per heavy atom. The van der Waals surface area contributed by atoms with Gasteiger partial charge >= 0.3 is 5.97 Å². The van der Waals surface area contributed by atoms with E-state index in [4.69, 9.17) is 9.94 Å². The molecule has 0 aromatic rings.